The molecule has 3 aromatic rings. The summed E-state index contributed by atoms with van der Waals surface area (Å²) >= 11 is 0. The highest BCUT2D eigenvalue weighted by Gasteiger charge is 2.36. The quantitative estimate of drug-likeness (QED) is 0.460. The lowest BCUT2D eigenvalue weighted by Gasteiger charge is -2.39. The summed E-state index contributed by atoms with van der Waals surface area (Å²) in [4.78, 5) is 28.5. The molecule has 3 atom stereocenters. The van der Waals surface area contributed by atoms with Crippen molar-refractivity contribution in [3.8, 4) is 11.4 Å². The SMILES string of the molecule is Cn1nnnc1-c1cccc(NC(=O)N[C@@H]2CCNC[C@@H]2C(=O)N2CCC[C@@H](Cc3ccc(F)cc3)C2)c1. The number of hydrogen-bond acceptors (Lipinski definition) is 6. The minimum absolute atomic E-state index is 0.0723. The molecule has 0 bridgehead atoms. The number of likely N-dealkylation sites (tertiary alicyclic amines) is 1. The third-order valence-corrected chi connectivity index (χ3v) is 7.38. The van der Waals surface area contributed by atoms with Gasteiger partial charge in [0.05, 0.1) is 5.92 Å². The number of piperidine rings is 2. The fourth-order valence-corrected chi connectivity index (χ4v) is 5.46. The van der Waals surface area contributed by atoms with Crippen LogP contribution in [-0.2, 0) is 18.3 Å². The van der Waals surface area contributed by atoms with Gasteiger partial charge in [0.15, 0.2) is 5.82 Å². The molecule has 11 heteroatoms. The highest BCUT2D eigenvalue weighted by atomic mass is 19.1. The Hall–Kier alpha value is -3.86. The molecule has 200 valence electrons. The van der Waals surface area contributed by atoms with Crippen molar-refractivity contribution in [2.45, 2.75) is 31.7 Å². The Labute approximate surface area is 221 Å². The predicted octanol–water partition coefficient (Wildman–Crippen LogP) is 2.60. The van der Waals surface area contributed by atoms with Crippen LogP contribution in [0.15, 0.2) is 48.5 Å². The number of aromatic nitrogens is 4. The molecule has 3 heterocycles. The average Bonchev–Trinajstić information content (AvgIpc) is 3.36. The lowest BCUT2D eigenvalue weighted by Crippen LogP contribution is -2.57. The van der Waals surface area contributed by atoms with Gasteiger partial charge < -0.3 is 20.9 Å². The summed E-state index contributed by atoms with van der Waals surface area (Å²) in [7, 11) is 1.75. The van der Waals surface area contributed by atoms with Crippen LogP contribution in [0.3, 0.4) is 0 Å². The molecule has 0 aliphatic carbocycles. The van der Waals surface area contributed by atoms with Gasteiger partial charge in [-0.2, -0.15) is 0 Å². The Kier molecular flexibility index (Phi) is 7.92. The van der Waals surface area contributed by atoms with Crippen LogP contribution in [0.5, 0.6) is 0 Å². The molecule has 0 radical (unpaired) electrons. The zero-order valence-electron chi connectivity index (χ0n) is 21.4. The second-order valence-corrected chi connectivity index (χ2v) is 10.1. The lowest BCUT2D eigenvalue weighted by molar-refractivity contribution is -0.138. The summed E-state index contributed by atoms with van der Waals surface area (Å²) in [5.41, 5.74) is 2.48. The third kappa shape index (κ3) is 6.16. The van der Waals surface area contributed by atoms with Gasteiger partial charge in [-0.3, -0.25) is 4.79 Å². The number of anilines is 1. The van der Waals surface area contributed by atoms with E-state index >= 15 is 0 Å². The largest absolute Gasteiger partial charge is 0.342 e. The van der Waals surface area contributed by atoms with E-state index in [4.69, 9.17) is 0 Å². The summed E-state index contributed by atoms with van der Waals surface area (Å²) in [6, 6.07) is 13.3. The standard InChI is InChI=1S/C27H33FN8O2/c1-35-25(32-33-34-35)20-5-2-6-22(15-20)30-27(38)31-24-11-12-29-16-23(24)26(37)36-13-3-4-19(17-36)14-18-7-9-21(28)10-8-18/h2,5-10,15,19,23-24,29H,3-4,11-14,16-17H2,1H3,(H2,30,31,38)/t19-,23-,24+/m0/s1. The van der Waals surface area contributed by atoms with Crippen molar-refractivity contribution < 1.29 is 14.0 Å². The lowest BCUT2D eigenvalue weighted by atomic mass is 9.88. The van der Waals surface area contributed by atoms with E-state index in [0.29, 0.717) is 36.9 Å². The Bertz CT molecular complexity index is 1260. The second kappa shape index (κ2) is 11.7. The van der Waals surface area contributed by atoms with Gasteiger partial charge in [-0.25, -0.2) is 13.9 Å². The second-order valence-electron chi connectivity index (χ2n) is 10.1. The summed E-state index contributed by atoms with van der Waals surface area (Å²) in [5.74, 6) is 0.424. The first-order chi connectivity index (χ1) is 18.5. The monoisotopic (exact) mass is 520 g/mol. The maximum Gasteiger partial charge on any atom is 0.319 e. The van der Waals surface area contributed by atoms with Gasteiger partial charge in [-0.1, -0.05) is 24.3 Å². The van der Waals surface area contributed by atoms with Gasteiger partial charge in [0, 0.05) is 44.0 Å². The van der Waals surface area contributed by atoms with Crippen LogP contribution < -0.4 is 16.0 Å². The molecular weight excluding hydrogens is 487 g/mol. The Morgan fingerprint density at radius 2 is 2.00 bits per heavy atom. The van der Waals surface area contributed by atoms with Gasteiger partial charge in [-0.15, -0.1) is 5.10 Å². The molecule has 1 aromatic heterocycles. The minimum Gasteiger partial charge on any atom is -0.342 e. The van der Waals surface area contributed by atoms with E-state index in [1.54, 1.807) is 17.8 Å². The van der Waals surface area contributed by atoms with Crippen LogP contribution in [0.1, 0.15) is 24.8 Å². The number of tetrazole rings is 1. The number of nitrogens with zero attached hydrogens (tertiary/aromatic N) is 5. The van der Waals surface area contributed by atoms with Crippen molar-refractivity contribution in [1.29, 1.82) is 0 Å². The van der Waals surface area contributed by atoms with Crippen LogP contribution in [0.4, 0.5) is 14.9 Å². The van der Waals surface area contributed by atoms with Crippen LogP contribution in [0, 0.1) is 17.7 Å². The summed E-state index contributed by atoms with van der Waals surface area (Å²) in [6.07, 6.45) is 3.47. The number of hydrogen-bond donors (Lipinski definition) is 3. The molecule has 0 unspecified atom stereocenters. The van der Waals surface area contributed by atoms with E-state index < -0.39 is 0 Å². The van der Waals surface area contributed by atoms with Gasteiger partial charge in [-0.05, 0) is 78.4 Å². The Morgan fingerprint density at radius 3 is 2.79 bits per heavy atom. The molecule has 2 aromatic carbocycles. The Balaban J connectivity index is 1.19. The number of nitrogens with one attached hydrogen (secondary N) is 3. The number of halogens is 1. The van der Waals surface area contributed by atoms with Gasteiger partial charge >= 0.3 is 6.03 Å². The van der Waals surface area contributed by atoms with E-state index in [0.717, 1.165) is 43.5 Å². The van der Waals surface area contributed by atoms with Gasteiger partial charge in [0.2, 0.25) is 5.91 Å². The van der Waals surface area contributed by atoms with Crippen molar-refractivity contribution in [2.75, 3.05) is 31.5 Å². The third-order valence-electron chi connectivity index (χ3n) is 7.38. The smallest absolute Gasteiger partial charge is 0.319 e. The van der Waals surface area contributed by atoms with Crippen LogP contribution >= 0.6 is 0 Å². The number of urea groups is 1. The van der Waals surface area contributed by atoms with Gasteiger partial charge in [0.25, 0.3) is 0 Å². The first-order valence-corrected chi connectivity index (χ1v) is 13.1. The molecule has 3 N–H and O–H groups in total. The number of carbonyl (C=O) groups is 2. The number of benzene rings is 2. The summed E-state index contributed by atoms with van der Waals surface area (Å²) in [6.45, 7) is 2.65. The molecule has 2 saturated heterocycles. The molecular formula is C27H33FN8O2. The van der Waals surface area contributed by atoms with Crippen molar-refractivity contribution >= 4 is 17.6 Å². The minimum atomic E-state index is -0.351. The first kappa shape index (κ1) is 25.8. The van der Waals surface area contributed by atoms with Crippen LogP contribution in [0.25, 0.3) is 11.4 Å². The zero-order valence-corrected chi connectivity index (χ0v) is 21.4. The van der Waals surface area contributed by atoms with Crippen LogP contribution in [0.2, 0.25) is 0 Å². The fraction of sp³-hybridized carbons (Fsp3) is 0.444. The molecule has 5 rings (SSSR count). The molecule has 2 aliphatic rings. The van der Waals surface area contributed by atoms with E-state index in [9.17, 15) is 14.0 Å². The molecule has 0 saturated carbocycles. The maximum absolute atomic E-state index is 13.6. The number of rotatable bonds is 6. The summed E-state index contributed by atoms with van der Waals surface area (Å²) in [5, 5.41) is 20.8. The highest BCUT2D eigenvalue weighted by molar-refractivity contribution is 5.91. The van der Waals surface area contributed by atoms with E-state index in [1.807, 2.05) is 35.2 Å². The summed E-state index contributed by atoms with van der Waals surface area (Å²) < 4.78 is 14.8. The molecule has 2 fully saturated rings. The predicted molar refractivity (Wildman–Crippen MR) is 141 cm³/mol. The van der Waals surface area contributed by atoms with Crippen molar-refractivity contribution in [3.05, 3.63) is 59.9 Å². The molecule has 2 aliphatic heterocycles. The highest BCUT2D eigenvalue weighted by Crippen LogP contribution is 2.25. The molecule has 0 spiro atoms. The van der Waals surface area contributed by atoms with Crippen molar-refractivity contribution in [2.24, 2.45) is 18.9 Å². The van der Waals surface area contributed by atoms with Crippen molar-refractivity contribution in [1.82, 2.24) is 35.7 Å². The first-order valence-electron chi connectivity index (χ1n) is 13.1. The van der Waals surface area contributed by atoms with Gasteiger partial charge in [0.1, 0.15) is 5.82 Å². The van der Waals surface area contributed by atoms with Crippen molar-refractivity contribution in [3.63, 3.8) is 0 Å². The number of amides is 3. The molecule has 38 heavy (non-hydrogen) atoms. The molecule has 10 nitrogen and oxygen atoms in total. The molecule has 3 amide bonds. The van der Waals surface area contributed by atoms with E-state index in [1.165, 1.54) is 12.1 Å². The fourth-order valence-electron chi connectivity index (χ4n) is 5.46. The number of aryl methyl sites for hydroxylation is 1. The maximum atomic E-state index is 13.6. The van der Waals surface area contributed by atoms with E-state index in [-0.39, 0.29) is 29.7 Å². The zero-order chi connectivity index (χ0) is 26.5. The van der Waals surface area contributed by atoms with Crippen LogP contribution in [-0.4, -0.2) is 69.3 Å². The Morgan fingerprint density at radius 1 is 1.16 bits per heavy atom. The average molecular weight is 521 g/mol. The van der Waals surface area contributed by atoms with E-state index in [2.05, 4.69) is 31.5 Å². The number of carbonyl (C=O) groups excluding carboxylic acids is 2. The topological polar surface area (TPSA) is 117 Å². The normalized spacial score (nSPS) is 21.6.